The van der Waals surface area contributed by atoms with E-state index in [0.29, 0.717) is 37.2 Å². The number of amides is 1. The van der Waals surface area contributed by atoms with Crippen LogP contribution >= 0.6 is 0 Å². The van der Waals surface area contributed by atoms with Gasteiger partial charge in [0.15, 0.2) is 29.3 Å². The average molecular weight is 750 g/mol. The van der Waals surface area contributed by atoms with E-state index in [9.17, 15) is 28.9 Å². The van der Waals surface area contributed by atoms with Gasteiger partial charge in [-0.1, -0.05) is 24.3 Å². The summed E-state index contributed by atoms with van der Waals surface area (Å²) in [7, 11) is 0. The minimum absolute atomic E-state index is 0.0921. The Bertz CT molecular complexity index is 2060. The van der Waals surface area contributed by atoms with Crippen molar-refractivity contribution >= 4 is 29.0 Å². The zero-order valence-electron chi connectivity index (χ0n) is 30.0. The number of aromatic nitrogens is 8. The maximum absolute atomic E-state index is 14.0. The molecule has 7 rings (SSSR count). The van der Waals surface area contributed by atoms with Crippen LogP contribution in [-0.2, 0) is 21.6 Å². The lowest BCUT2D eigenvalue weighted by molar-refractivity contribution is -0.0384. The highest BCUT2D eigenvalue weighted by Crippen LogP contribution is 2.40. The average Bonchev–Trinajstić information content (AvgIpc) is 3.94. The molecule has 1 amide bonds. The highest BCUT2D eigenvalue weighted by Gasteiger charge is 2.47. The van der Waals surface area contributed by atoms with Crippen molar-refractivity contribution < 1.29 is 38.4 Å². The molecule has 2 aromatic carbocycles. The number of fused-ring (bicyclic) bond motifs is 1. The predicted molar refractivity (Wildman–Crippen MR) is 188 cm³/mol. The summed E-state index contributed by atoms with van der Waals surface area (Å²) in [6.07, 6.45) is -3.78. The summed E-state index contributed by atoms with van der Waals surface area (Å²) in [5.74, 6) is -0.503. The Balaban J connectivity index is 1.25. The Labute approximate surface area is 308 Å². The number of imidazole rings is 1. The van der Waals surface area contributed by atoms with Gasteiger partial charge in [0.1, 0.15) is 35.0 Å². The summed E-state index contributed by atoms with van der Waals surface area (Å²) in [6.45, 7) is 8.15. The molecule has 2 aliphatic heterocycles. The molecule has 2 fully saturated rings. The normalized spacial score (nSPS) is 21.9. The van der Waals surface area contributed by atoms with E-state index in [1.54, 1.807) is 20.8 Å². The van der Waals surface area contributed by atoms with Gasteiger partial charge in [-0.2, -0.15) is 14.8 Å². The standard InChI is InChI=1S/C35H41F2N11O6/c1-5-48-44-29(43-45-48)27-25(49)26(50)31(53-27)47-18-39-24-28(38-17-35(52,19-6-10-21(36)11-7-19)20-8-12-22(37)13-9-20)41-32(42-30(24)47)46-15-14-23(16-46)40-33(51)54-34(2,3)4/h6-13,18,23,25-27,31,49-50,52H,5,14-17H2,1-4H3,(H,40,51)(H,38,41,42)/t23?,25-,26+,27-,31+/m0/s1. The van der Waals surface area contributed by atoms with Gasteiger partial charge in [0.25, 0.3) is 0 Å². The van der Waals surface area contributed by atoms with Crippen molar-refractivity contribution in [2.75, 3.05) is 29.9 Å². The number of carbonyl (C=O) groups excluding carboxylic acids is 1. The summed E-state index contributed by atoms with van der Waals surface area (Å²) < 4.78 is 41.0. The van der Waals surface area contributed by atoms with Gasteiger partial charge in [0.05, 0.1) is 25.5 Å². The number of rotatable bonds is 10. The number of hydrogen-bond acceptors (Lipinski definition) is 14. The topological polar surface area (TPSA) is 211 Å². The number of carbonyl (C=O) groups is 1. The first-order chi connectivity index (χ1) is 25.7. The molecule has 5 heterocycles. The molecule has 5 N–H and O–H groups in total. The number of aliphatic hydroxyl groups is 3. The van der Waals surface area contributed by atoms with E-state index in [0.717, 1.165) is 0 Å². The van der Waals surface area contributed by atoms with Crippen molar-refractivity contribution in [1.82, 2.24) is 45.0 Å². The van der Waals surface area contributed by atoms with Crippen LogP contribution < -0.4 is 15.5 Å². The van der Waals surface area contributed by atoms with E-state index in [-0.39, 0.29) is 41.3 Å². The number of aryl methyl sites for hydroxylation is 1. The number of alkyl carbamates (subject to hydrolysis) is 1. The lowest BCUT2D eigenvalue weighted by Gasteiger charge is -2.30. The summed E-state index contributed by atoms with van der Waals surface area (Å²) in [6, 6.07) is 10.3. The smallest absolute Gasteiger partial charge is 0.407 e. The highest BCUT2D eigenvalue weighted by molar-refractivity contribution is 5.84. The van der Waals surface area contributed by atoms with Crippen LogP contribution in [0, 0.1) is 11.6 Å². The van der Waals surface area contributed by atoms with E-state index in [4.69, 9.17) is 19.4 Å². The van der Waals surface area contributed by atoms with Gasteiger partial charge in [-0.3, -0.25) is 4.57 Å². The van der Waals surface area contributed by atoms with Gasteiger partial charge >= 0.3 is 6.09 Å². The second-order valence-electron chi connectivity index (χ2n) is 14.3. The fraction of sp³-hybridized carbons (Fsp3) is 0.457. The highest BCUT2D eigenvalue weighted by atomic mass is 19.1. The van der Waals surface area contributed by atoms with Crippen molar-refractivity contribution in [3.05, 3.63) is 83.4 Å². The summed E-state index contributed by atoms with van der Waals surface area (Å²) in [5, 5.41) is 52.7. The van der Waals surface area contributed by atoms with Crippen LogP contribution in [0.2, 0.25) is 0 Å². The van der Waals surface area contributed by atoms with Gasteiger partial charge < -0.3 is 40.3 Å². The van der Waals surface area contributed by atoms with Crippen molar-refractivity contribution in [2.45, 2.75) is 82.4 Å². The number of nitrogens with one attached hydrogen (secondary N) is 2. The molecule has 2 saturated heterocycles. The zero-order valence-corrected chi connectivity index (χ0v) is 30.0. The third kappa shape index (κ3) is 7.39. The minimum atomic E-state index is -1.80. The molecule has 0 saturated carbocycles. The van der Waals surface area contributed by atoms with E-state index in [1.165, 1.54) is 64.2 Å². The number of halogens is 2. The van der Waals surface area contributed by atoms with Gasteiger partial charge in [0, 0.05) is 13.1 Å². The van der Waals surface area contributed by atoms with Crippen LogP contribution in [0.3, 0.4) is 0 Å². The Hall–Kier alpha value is -5.37. The number of hydrogen-bond donors (Lipinski definition) is 5. The third-order valence-corrected chi connectivity index (χ3v) is 9.27. The minimum Gasteiger partial charge on any atom is -0.444 e. The zero-order chi connectivity index (χ0) is 38.4. The Kier molecular flexibility index (Phi) is 9.90. The first kappa shape index (κ1) is 37.0. The van der Waals surface area contributed by atoms with Gasteiger partial charge in [-0.05, 0) is 74.7 Å². The van der Waals surface area contributed by atoms with Crippen LogP contribution in [0.25, 0.3) is 11.2 Å². The van der Waals surface area contributed by atoms with Crippen molar-refractivity contribution in [1.29, 1.82) is 0 Å². The molecule has 286 valence electrons. The maximum Gasteiger partial charge on any atom is 0.407 e. The van der Waals surface area contributed by atoms with Gasteiger partial charge in [0.2, 0.25) is 11.8 Å². The van der Waals surface area contributed by atoms with E-state index < -0.39 is 53.5 Å². The Morgan fingerprint density at radius 3 is 2.30 bits per heavy atom. The third-order valence-electron chi connectivity index (χ3n) is 9.27. The molecule has 3 aromatic heterocycles. The number of anilines is 2. The molecule has 2 aliphatic rings. The predicted octanol–water partition coefficient (Wildman–Crippen LogP) is 2.55. The van der Waals surface area contributed by atoms with Crippen LogP contribution in [0.4, 0.5) is 25.3 Å². The van der Waals surface area contributed by atoms with E-state index in [2.05, 4.69) is 31.0 Å². The second-order valence-corrected chi connectivity index (χ2v) is 14.3. The first-order valence-corrected chi connectivity index (χ1v) is 17.5. The molecular weight excluding hydrogens is 708 g/mol. The lowest BCUT2D eigenvalue weighted by atomic mass is 9.86. The second kappa shape index (κ2) is 14.5. The van der Waals surface area contributed by atoms with Crippen LogP contribution in [0.1, 0.15) is 63.4 Å². The monoisotopic (exact) mass is 749 g/mol. The SMILES string of the molecule is CCn1nnc([C@H]2O[C@@H](n3cnc4c(NCC(O)(c5ccc(F)cc5)c5ccc(F)cc5)nc(N5CCC(NC(=O)OC(C)(C)C)C5)nc43)[C@H](O)[C@@H]2O)n1. The molecule has 1 unspecified atom stereocenters. The quantitative estimate of drug-likeness (QED) is 0.139. The van der Waals surface area contributed by atoms with E-state index in [1.807, 2.05) is 11.8 Å². The molecule has 0 spiro atoms. The van der Waals surface area contributed by atoms with Crippen LogP contribution in [0.15, 0.2) is 54.9 Å². The Morgan fingerprint density at radius 2 is 1.69 bits per heavy atom. The van der Waals surface area contributed by atoms with Gasteiger partial charge in [-0.15, -0.1) is 10.2 Å². The number of tetrazole rings is 1. The fourth-order valence-electron chi connectivity index (χ4n) is 6.53. The molecule has 5 atom stereocenters. The lowest BCUT2D eigenvalue weighted by Crippen LogP contribution is -2.40. The summed E-state index contributed by atoms with van der Waals surface area (Å²) in [4.78, 5) is 29.9. The molecule has 0 aliphatic carbocycles. The molecule has 0 radical (unpaired) electrons. The molecule has 17 nitrogen and oxygen atoms in total. The van der Waals surface area contributed by atoms with E-state index >= 15 is 0 Å². The summed E-state index contributed by atoms with van der Waals surface area (Å²) in [5.41, 5.74) is -1.40. The van der Waals surface area contributed by atoms with Crippen LogP contribution in [0.5, 0.6) is 0 Å². The Morgan fingerprint density at radius 1 is 1.02 bits per heavy atom. The largest absolute Gasteiger partial charge is 0.444 e. The number of aliphatic hydroxyl groups excluding tert-OH is 2. The fourth-order valence-corrected chi connectivity index (χ4v) is 6.53. The van der Waals surface area contributed by atoms with Crippen molar-refractivity contribution in [3.63, 3.8) is 0 Å². The van der Waals surface area contributed by atoms with Crippen molar-refractivity contribution in [2.24, 2.45) is 0 Å². The number of ether oxygens (including phenoxy) is 2. The molecule has 19 heteroatoms. The molecule has 5 aromatic rings. The molecular formula is C35H41F2N11O6. The summed E-state index contributed by atoms with van der Waals surface area (Å²) >= 11 is 0. The van der Waals surface area contributed by atoms with Crippen molar-refractivity contribution in [3.8, 4) is 0 Å². The molecule has 54 heavy (non-hydrogen) atoms. The van der Waals surface area contributed by atoms with Gasteiger partial charge in [-0.25, -0.2) is 18.6 Å². The number of benzene rings is 2. The molecule has 0 bridgehead atoms. The van der Waals surface area contributed by atoms with Crippen LogP contribution in [-0.4, -0.2) is 105 Å². The maximum atomic E-state index is 14.0. The number of nitrogens with zero attached hydrogens (tertiary/aromatic N) is 9. The first-order valence-electron chi connectivity index (χ1n) is 17.5.